The molecular weight excluding hydrogens is 557 g/mol. The van der Waals surface area contributed by atoms with Crippen molar-refractivity contribution in [2.24, 2.45) is 23.7 Å². The zero-order valence-electron chi connectivity index (χ0n) is 25.4. The maximum absolute atomic E-state index is 13.8. The van der Waals surface area contributed by atoms with Crippen molar-refractivity contribution in [3.8, 4) is 5.75 Å². The smallest absolute Gasteiger partial charge is 0.488 e. The van der Waals surface area contributed by atoms with Gasteiger partial charge in [0.15, 0.2) is 0 Å². The zero-order valence-corrected chi connectivity index (χ0v) is 25.4. The summed E-state index contributed by atoms with van der Waals surface area (Å²) in [6.07, 6.45) is 3.23. The lowest BCUT2D eigenvalue weighted by atomic mass is 9.66. The van der Waals surface area contributed by atoms with E-state index in [0.717, 1.165) is 38.8 Å². The number of aliphatic hydroxyl groups excluding tert-OH is 2. The van der Waals surface area contributed by atoms with Crippen LogP contribution in [-0.4, -0.2) is 57.0 Å². The Labute approximate surface area is 258 Å². The summed E-state index contributed by atoms with van der Waals surface area (Å²) in [4.78, 5) is 28.6. The molecule has 0 bridgehead atoms. The second-order valence-electron chi connectivity index (χ2n) is 12.2. The number of amides is 2. The Balaban J connectivity index is 1.43. The van der Waals surface area contributed by atoms with E-state index >= 15 is 0 Å². The number of carbonyl (C=O) groups is 2. The molecule has 0 saturated carbocycles. The normalized spacial score (nSPS) is 21.4. The van der Waals surface area contributed by atoms with E-state index in [0.29, 0.717) is 24.8 Å². The molecule has 1 aliphatic carbocycles. The summed E-state index contributed by atoms with van der Waals surface area (Å²) in [5.74, 6) is -2.84. The highest BCUT2D eigenvalue weighted by atomic mass is 16.4. The topological polar surface area (TPSA) is 139 Å². The van der Waals surface area contributed by atoms with Crippen molar-refractivity contribution in [2.75, 3.05) is 11.5 Å². The number of fused-ring (bicyclic) bond motifs is 2. The first-order valence-electron chi connectivity index (χ1n) is 15.3. The number of hydrogen-bond acceptors (Lipinski definition) is 7. The lowest BCUT2D eigenvalue weighted by Gasteiger charge is -2.38. The quantitative estimate of drug-likeness (QED) is 0.136. The van der Waals surface area contributed by atoms with Crippen LogP contribution in [-0.2, 0) is 9.59 Å². The van der Waals surface area contributed by atoms with Gasteiger partial charge in [0.1, 0.15) is 5.75 Å². The predicted octanol–water partition coefficient (Wildman–Crippen LogP) is 3.93. The van der Waals surface area contributed by atoms with E-state index in [2.05, 4.69) is 13.0 Å². The number of carbonyl (C=O) groups excluding carboxylic acids is 2. The standard InChI is InChI=1S/C35H40BNO7/c1-4-21(16-22-13-15-30(39)26-11-6-5-10-25(22)26)12-14-31(40)32-27(20(2)3)18-28-33(29(32)19-38)35(42)37(34(28)41)24-9-7-8-23(17-24)36(43)44/h5-11,13,15-17,20,28-29,31,33,38-40,43-44H,4,12,14,18-19H2,1-3H3/b21-16+/t28-,29+,31-,33-/m1/s1. The van der Waals surface area contributed by atoms with E-state index in [1.807, 2.05) is 44.2 Å². The van der Waals surface area contributed by atoms with E-state index in [1.54, 1.807) is 18.2 Å². The predicted molar refractivity (Wildman–Crippen MR) is 172 cm³/mol. The molecule has 1 fully saturated rings. The van der Waals surface area contributed by atoms with Gasteiger partial charge in [-0.3, -0.25) is 14.5 Å². The Morgan fingerprint density at radius 3 is 2.41 bits per heavy atom. The monoisotopic (exact) mass is 597 g/mol. The van der Waals surface area contributed by atoms with Crippen molar-refractivity contribution in [3.05, 3.63) is 82.9 Å². The lowest BCUT2D eigenvalue weighted by molar-refractivity contribution is -0.123. The molecule has 8 nitrogen and oxygen atoms in total. The van der Waals surface area contributed by atoms with Crippen LogP contribution < -0.4 is 10.4 Å². The minimum absolute atomic E-state index is 0.0102. The molecule has 9 heteroatoms. The first-order chi connectivity index (χ1) is 21.1. The highest BCUT2D eigenvalue weighted by Crippen LogP contribution is 2.48. The summed E-state index contributed by atoms with van der Waals surface area (Å²) in [6.45, 7) is 5.66. The molecule has 5 N–H and O–H groups in total. The third-order valence-electron chi connectivity index (χ3n) is 9.29. The minimum Gasteiger partial charge on any atom is -0.507 e. The van der Waals surface area contributed by atoms with Gasteiger partial charge in [0.25, 0.3) is 0 Å². The summed E-state index contributed by atoms with van der Waals surface area (Å²) in [5, 5.41) is 53.6. The number of aliphatic hydroxyl groups is 2. The van der Waals surface area contributed by atoms with Gasteiger partial charge in [-0.1, -0.05) is 80.5 Å². The average Bonchev–Trinajstić information content (AvgIpc) is 3.28. The van der Waals surface area contributed by atoms with Crippen LogP contribution in [0.1, 0.15) is 52.0 Å². The molecule has 1 heterocycles. The van der Waals surface area contributed by atoms with Crippen molar-refractivity contribution in [1.82, 2.24) is 0 Å². The fraction of sp³-hybridized carbons (Fsp3) is 0.371. The van der Waals surface area contributed by atoms with Crippen LogP contribution in [0.3, 0.4) is 0 Å². The summed E-state index contributed by atoms with van der Waals surface area (Å²) in [5.41, 5.74) is 4.06. The Hall–Kier alpha value is -3.76. The van der Waals surface area contributed by atoms with Crippen LogP contribution in [0.15, 0.2) is 77.4 Å². The first-order valence-corrected chi connectivity index (χ1v) is 15.3. The Kier molecular flexibility index (Phi) is 9.41. The fourth-order valence-electron chi connectivity index (χ4n) is 7.00. The van der Waals surface area contributed by atoms with Gasteiger partial charge in [0.2, 0.25) is 11.8 Å². The molecule has 0 aromatic heterocycles. The molecule has 3 aromatic carbocycles. The number of phenolic OH excluding ortho intramolecular Hbond substituents is 1. The zero-order chi connectivity index (χ0) is 31.7. The molecule has 230 valence electrons. The van der Waals surface area contributed by atoms with Gasteiger partial charge in [0, 0.05) is 11.3 Å². The van der Waals surface area contributed by atoms with Crippen molar-refractivity contribution >= 4 is 46.9 Å². The van der Waals surface area contributed by atoms with Gasteiger partial charge in [-0.15, -0.1) is 0 Å². The molecule has 1 saturated heterocycles. The van der Waals surface area contributed by atoms with Gasteiger partial charge in [-0.05, 0) is 71.8 Å². The maximum Gasteiger partial charge on any atom is 0.488 e. The van der Waals surface area contributed by atoms with Crippen LogP contribution in [0.4, 0.5) is 5.69 Å². The molecule has 2 aliphatic rings. The molecular formula is C35H40BNO7. The van der Waals surface area contributed by atoms with Gasteiger partial charge >= 0.3 is 7.12 Å². The molecule has 1 aliphatic heterocycles. The average molecular weight is 598 g/mol. The number of anilines is 1. The van der Waals surface area contributed by atoms with E-state index in [4.69, 9.17) is 0 Å². The number of benzene rings is 3. The molecule has 4 atom stereocenters. The molecule has 2 amide bonds. The van der Waals surface area contributed by atoms with Crippen LogP contribution in [0.25, 0.3) is 16.8 Å². The highest BCUT2D eigenvalue weighted by molar-refractivity contribution is 6.58. The van der Waals surface area contributed by atoms with Gasteiger partial charge in [0.05, 0.1) is 30.2 Å². The van der Waals surface area contributed by atoms with Crippen molar-refractivity contribution in [1.29, 1.82) is 0 Å². The Morgan fingerprint density at radius 1 is 1.02 bits per heavy atom. The first kappa shape index (κ1) is 31.7. The number of aromatic hydroxyl groups is 1. The number of hydrogen-bond donors (Lipinski definition) is 5. The van der Waals surface area contributed by atoms with Gasteiger partial charge in [-0.25, -0.2) is 0 Å². The molecule has 0 unspecified atom stereocenters. The second kappa shape index (κ2) is 13.1. The summed E-state index contributed by atoms with van der Waals surface area (Å²) in [7, 11) is -1.75. The number of phenols is 1. The van der Waals surface area contributed by atoms with E-state index < -0.39 is 36.9 Å². The summed E-state index contributed by atoms with van der Waals surface area (Å²) >= 11 is 0. The summed E-state index contributed by atoms with van der Waals surface area (Å²) in [6, 6.07) is 17.3. The number of rotatable bonds is 10. The molecule has 0 radical (unpaired) electrons. The number of nitrogens with zero attached hydrogens (tertiary/aromatic N) is 1. The third-order valence-corrected chi connectivity index (χ3v) is 9.29. The van der Waals surface area contributed by atoms with E-state index in [1.165, 1.54) is 12.1 Å². The van der Waals surface area contributed by atoms with Crippen LogP contribution in [0.5, 0.6) is 5.75 Å². The highest BCUT2D eigenvalue weighted by Gasteiger charge is 2.55. The largest absolute Gasteiger partial charge is 0.507 e. The fourth-order valence-corrected chi connectivity index (χ4v) is 7.00. The Morgan fingerprint density at radius 2 is 1.75 bits per heavy atom. The Bertz CT molecular complexity index is 1630. The minimum atomic E-state index is -1.75. The SMILES string of the molecule is CC/C(=C\c1ccc(O)c2ccccc12)CC[C@@H](O)C1=C(C(C)C)C[C@H]2C(=O)N(c3cccc(B(O)O)c3)C(=O)[C@H]2[C@H]1CO. The summed E-state index contributed by atoms with van der Waals surface area (Å²) < 4.78 is 0. The van der Waals surface area contributed by atoms with Crippen molar-refractivity contribution < 1.29 is 35.0 Å². The van der Waals surface area contributed by atoms with Crippen LogP contribution in [0.2, 0.25) is 0 Å². The molecule has 3 aromatic rings. The van der Waals surface area contributed by atoms with Crippen molar-refractivity contribution in [2.45, 2.75) is 52.6 Å². The number of imide groups is 1. The third kappa shape index (κ3) is 5.85. The lowest BCUT2D eigenvalue weighted by Crippen LogP contribution is -2.40. The van der Waals surface area contributed by atoms with Crippen LogP contribution >= 0.6 is 0 Å². The van der Waals surface area contributed by atoms with Crippen molar-refractivity contribution in [3.63, 3.8) is 0 Å². The van der Waals surface area contributed by atoms with E-state index in [9.17, 15) is 35.0 Å². The molecule has 0 spiro atoms. The molecule has 44 heavy (non-hydrogen) atoms. The van der Waals surface area contributed by atoms with Crippen LogP contribution in [0, 0.1) is 23.7 Å². The van der Waals surface area contributed by atoms with Gasteiger partial charge < -0.3 is 25.4 Å². The second-order valence-corrected chi connectivity index (χ2v) is 12.2. The van der Waals surface area contributed by atoms with Gasteiger partial charge in [-0.2, -0.15) is 0 Å². The maximum atomic E-state index is 13.8. The number of allylic oxidation sites excluding steroid dienone is 2. The van der Waals surface area contributed by atoms with E-state index in [-0.39, 0.29) is 35.3 Å². The molecule has 5 rings (SSSR count).